The average Bonchev–Trinajstić information content (AvgIpc) is 3.20. The molecule has 0 N–H and O–H groups in total. The third-order valence-corrected chi connectivity index (χ3v) is 4.89. The minimum Gasteiger partial charge on any atom is -0.536 e. The topological polar surface area (TPSA) is 25.6 Å². The standard InChI is InChI=1S/C20H12BNO2/c1-3-9-15-13(7-1)19-14-8-2-5-11-17(14)23-20(19)22-16-10-4-6-12-18(16)24-21(15)22/h1-12H. The fourth-order valence-corrected chi connectivity index (χ4v) is 3.88. The zero-order valence-corrected chi connectivity index (χ0v) is 12.8. The highest BCUT2D eigenvalue weighted by molar-refractivity contribution is 6.77. The van der Waals surface area contributed by atoms with Crippen LogP contribution >= 0.6 is 0 Å². The predicted octanol–water partition coefficient (Wildman–Crippen LogP) is 4.34. The van der Waals surface area contributed by atoms with E-state index >= 15 is 0 Å². The quantitative estimate of drug-likeness (QED) is 0.452. The van der Waals surface area contributed by atoms with Crippen LogP contribution in [0.25, 0.3) is 22.1 Å². The Morgan fingerprint density at radius 2 is 1.58 bits per heavy atom. The van der Waals surface area contributed by atoms with E-state index < -0.39 is 0 Å². The number of para-hydroxylation sites is 3. The molecule has 3 heterocycles. The van der Waals surface area contributed by atoms with Gasteiger partial charge in [-0.2, -0.15) is 0 Å². The van der Waals surface area contributed by atoms with E-state index in [-0.39, 0.29) is 7.05 Å². The summed E-state index contributed by atoms with van der Waals surface area (Å²) < 4.78 is 12.5. The van der Waals surface area contributed by atoms with Crippen molar-refractivity contribution in [2.45, 2.75) is 0 Å². The second-order valence-electron chi connectivity index (χ2n) is 6.17. The lowest BCUT2D eigenvalue weighted by Crippen LogP contribution is -2.50. The van der Waals surface area contributed by atoms with Crippen molar-refractivity contribution in [2.24, 2.45) is 0 Å². The summed E-state index contributed by atoms with van der Waals surface area (Å²) in [6.07, 6.45) is 0. The average molecular weight is 309 g/mol. The molecule has 0 bridgehead atoms. The van der Waals surface area contributed by atoms with Gasteiger partial charge in [-0.3, -0.25) is 0 Å². The van der Waals surface area contributed by atoms with Crippen LogP contribution in [0.3, 0.4) is 0 Å². The molecule has 0 radical (unpaired) electrons. The van der Waals surface area contributed by atoms with E-state index in [1.54, 1.807) is 0 Å². The fourth-order valence-electron chi connectivity index (χ4n) is 3.88. The number of benzene rings is 3. The first-order valence-electron chi connectivity index (χ1n) is 8.07. The summed E-state index contributed by atoms with van der Waals surface area (Å²) in [5.74, 6) is 1.76. The van der Waals surface area contributed by atoms with Gasteiger partial charge in [-0.05, 0) is 29.2 Å². The molecule has 0 unspecified atom stereocenters. The third-order valence-electron chi connectivity index (χ3n) is 4.89. The molecule has 6 rings (SSSR count). The lowest BCUT2D eigenvalue weighted by molar-refractivity contribution is 0.593. The van der Waals surface area contributed by atoms with Crippen LogP contribution in [-0.2, 0) is 0 Å². The first kappa shape index (κ1) is 12.3. The number of hydrogen-bond donors (Lipinski definition) is 0. The second kappa shape index (κ2) is 4.23. The van der Waals surface area contributed by atoms with Gasteiger partial charge in [0.25, 0.3) is 0 Å². The summed E-state index contributed by atoms with van der Waals surface area (Å²) in [6, 6.07) is 24.8. The van der Waals surface area contributed by atoms with E-state index in [1.165, 1.54) is 11.0 Å². The molecule has 112 valence electrons. The molecular weight excluding hydrogens is 297 g/mol. The van der Waals surface area contributed by atoms with Gasteiger partial charge in [0.15, 0.2) is 5.88 Å². The number of rotatable bonds is 0. The molecule has 0 atom stereocenters. The second-order valence-corrected chi connectivity index (χ2v) is 6.17. The molecule has 4 aromatic rings. The van der Waals surface area contributed by atoms with Gasteiger partial charge in [0.05, 0.1) is 11.3 Å². The van der Waals surface area contributed by atoms with Crippen molar-refractivity contribution in [3.05, 3.63) is 72.8 Å². The van der Waals surface area contributed by atoms with Crippen molar-refractivity contribution in [2.75, 3.05) is 4.81 Å². The van der Waals surface area contributed by atoms with Gasteiger partial charge >= 0.3 is 7.05 Å². The number of anilines is 2. The van der Waals surface area contributed by atoms with Gasteiger partial charge in [-0.25, -0.2) is 0 Å². The molecular formula is C20H12BNO2. The minimum atomic E-state index is -0.174. The molecule has 0 saturated heterocycles. The van der Waals surface area contributed by atoms with Crippen molar-refractivity contribution in [3.8, 4) is 16.9 Å². The molecule has 3 aromatic carbocycles. The summed E-state index contributed by atoms with van der Waals surface area (Å²) in [4.78, 5) is 2.17. The first-order chi connectivity index (χ1) is 11.9. The summed E-state index contributed by atoms with van der Waals surface area (Å²) in [6.45, 7) is 0. The Hall–Kier alpha value is -3.14. The summed E-state index contributed by atoms with van der Waals surface area (Å²) in [5, 5.41) is 1.14. The van der Waals surface area contributed by atoms with Crippen molar-refractivity contribution in [3.63, 3.8) is 0 Å². The number of furan rings is 1. The maximum Gasteiger partial charge on any atom is 0.527 e. The molecule has 0 fully saturated rings. The third kappa shape index (κ3) is 1.39. The highest BCUT2D eigenvalue weighted by Gasteiger charge is 2.47. The van der Waals surface area contributed by atoms with E-state index in [1.807, 2.05) is 30.3 Å². The lowest BCUT2D eigenvalue weighted by Gasteiger charge is -2.27. The van der Waals surface area contributed by atoms with E-state index in [2.05, 4.69) is 47.3 Å². The van der Waals surface area contributed by atoms with Gasteiger partial charge in [0, 0.05) is 5.39 Å². The Balaban J connectivity index is 1.76. The number of nitrogens with zero attached hydrogens (tertiary/aromatic N) is 1. The molecule has 0 amide bonds. The van der Waals surface area contributed by atoms with Crippen LogP contribution < -0.4 is 14.9 Å². The van der Waals surface area contributed by atoms with Crippen molar-refractivity contribution in [1.29, 1.82) is 0 Å². The maximum atomic E-state index is 6.26. The Bertz CT molecular complexity index is 1120. The van der Waals surface area contributed by atoms with Crippen molar-refractivity contribution < 1.29 is 9.07 Å². The molecule has 3 nitrogen and oxygen atoms in total. The summed E-state index contributed by atoms with van der Waals surface area (Å²) in [5.41, 5.74) is 5.47. The summed E-state index contributed by atoms with van der Waals surface area (Å²) in [7, 11) is -0.174. The van der Waals surface area contributed by atoms with Gasteiger partial charge in [-0.1, -0.05) is 54.6 Å². The van der Waals surface area contributed by atoms with E-state index in [0.717, 1.165) is 33.9 Å². The highest BCUT2D eigenvalue weighted by atomic mass is 16.5. The molecule has 4 heteroatoms. The SMILES string of the molecule is c1ccc2c(c1)OB1c3ccccc3-c3c(oc4ccccc34)N12. The molecule has 2 aliphatic rings. The Morgan fingerprint density at radius 3 is 2.58 bits per heavy atom. The minimum absolute atomic E-state index is 0.174. The van der Waals surface area contributed by atoms with Gasteiger partial charge < -0.3 is 13.9 Å². The first-order valence-corrected chi connectivity index (χ1v) is 8.07. The molecule has 0 aliphatic carbocycles. The monoisotopic (exact) mass is 309 g/mol. The maximum absolute atomic E-state index is 6.26. The fraction of sp³-hybridized carbons (Fsp3) is 0. The van der Waals surface area contributed by atoms with Crippen LogP contribution in [0.15, 0.2) is 77.2 Å². The van der Waals surface area contributed by atoms with Crippen molar-refractivity contribution >= 4 is 35.1 Å². The largest absolute Gasteiger partial charge is 0.536 e. The van der Waals surface area contributed by atoms with E-state index in [9.17, 15) is 0 Å². The lowest BCUT2D eigenvalue weighted by atomic mass is 9.65. The Labute approximate surface area is 139 Å². The summed E-state index contributed by atoms with van der Waals surface area (Å²) >= 11 is 0. The zero-order valence-electron chi connectivity index (χ0n) is 12.8. The van der Waals surface area contributed by atoms with Gasteiger partial charge in [-0.15, -0.1) is 0 Å². The number of hydrogen-bond acceptors (Lipinski definition) is 3. The van der Waals surface area contributed by atoms with Crippen LogP contribution in [0.4, 0.5) is 11.6 Å². The normalized spacial score (nSPS) is 14.0. The smallest absolute Gasteiger partial charge is 0.527 e. The highest BCUT2D eigenvalue weighted by Crippen LogP contribution is 2.50. The molecule has 2 aliphatic heterocycles. The molecule has 0 spiro atoms. The van der Waals surface area contributed by atoms with Crippen LogP contribution in [0.2, 0.25) is 0 Å². The Morgan fingerprint density at radius 1 is 0.792 bits per heavy atom. The van der Waals surface area contributed by atoms with Crippen molar-refractivity contribution in [1.82, 2.24) is 0 Å². The van der Waals surface area contributed by atoms with Gasteiger partial charge in [0.1, 0.15) is 11.3 Å². The molecule has 1 aromatic heterocycles. The van der Waals surface area contributed by atoms with Gasteiger partial charge in [0.2, 0.25) is 0 Å². The van der Waals surface area contributed by atoms with E-state index in [0.29, 0.717) is 0 Å². The van der Waals surface area contributed by atoms with Crippen LogP contribution in [-0.4, -0.2) is 7.05 Å². The predicted molar refractivity (Wildman–Crippen MR) is 96.2 cm³/mol. The van der Waals surface area contributed by atoms with Crippen LogP contribution in [0.1, 0.15) is 0 Å². The van der Waals surface area contributed by atoms with Crippen LogP contribution in [0, 0.1) is 0 Å². The van der Waals surface area contributed by atoms with E-state index in [4.69, 9.17) is 9.07 Å². The molecule has 0 saturated carbocycles. The van der Waals surface area contributed by atoms with Crippen LogP contribution in [0.5, 0.6) is 5.75 Å². The Kier molecular flexibility index (Phi) is 2.17. The zero-order chi connectivity index (χ0) is 15.7. The molecule has 24 heavy (non-hydrogen) atoms. The number of fused-ring (bicyclic) bond motifs is 10.